The second-order valence-electron chi connectivity index (χ2n) is 7.39. The topological polar surface area (TPSA) is 73.0 Å². The van der Waals surface area contributed by atoms with Crippen LogP contribution >= 0.6 is 11.8 Å². The molecule has 30 heavy (non-hydrogen) atoms. The van der Waals surface area contributed by atoms with E-state index in [0.29, 0.717) is 34.1 Å². The second kappa shape index (κ2) is 8.59. The number of hydrogen-bond acceptors (Lipinski definition) is 5. The summed E-state index contributed by atoms with van der Waals surface area (Å²) in [6, 6.07) is 5.67. The van der Waals surface area contributed by atoms with E-state index in [0.717, 1.165) is 25.9 Å². The Bertz CT molecular complexity index is 1120. The van der Waals surface area contributed by atoms with Gasteiger partial charge >= 0.3 is 0 Å². The Morgan fingerprint density at radius 1 is 1.23 bits per heavy atom. The van der Waals surface area contributed by atoms with Gasteiger partial charge in [-0.2, -0.15) is 5.10 Å². The summed E-state index contributed by atoms with van der Waals surface area (Å²) >= 11 is 1.48. The number of thioether (sulfide) groups is 1. The van der Waals surface area contributed by atoms with E-state index in [4.69, 9.17) is 0 Å². The van der Waals surface area contributed by atoms with Crippen LogP contribution in [0.1, 0.15) is 39.2 Å². The molecule has 7 nitrogen and oxygen atoms in total. The number of rotatable bonds is 7. The van der Waals surface area contributed by atoms with Crippen LogP contribution < -0.4 is 5.56 Å². The van der Waals surface area contributed by atoms with Crippen LogP contribution in [0.4, 0.5) is 4.39 Å². The van der Waals surface area contributed by atoms with E-state index in [1.54, 1.807) is 21.4 Å². The van der Waals surface area contributed by atoms with Gasteiger partial charge in [0.2, 0.25) is 5.91 Å². The first-order chi connectivity index (χ1) is 14.5. The average Bonchev–Trinajstić information content (AvgIpc) is 3.33. The van der Waals surface area contributed by atoms with Gasteiger partial charge in [0.1, 0.15) is 11.2 Å². The van der Waals surface area contributed by atoms with Gasteiger partial charge in [-0.15, -0.1) is 0 Å². The van der Waals surface area contributed by atoms with Gasteiger partial charge < -0.3 is 4.90 Å². The molecule has 3 aromatic rings. The fourth-order valence-electron chi connectivity index (χ4n) is 3.78. The van der Waals surface area contributed by atoms with Crippen molar-refractivity contribution in [2.75, 3.05) is 18.8 Å². The first-order valence-electron chi connectivity index (χ1n) is 10.2. The van der Waals surface area contributed by atoms with Gasteiger partial charge in [0, 0.05) is 25.3 Å². The molecule has 0 saturated heterocycles. The highest BCUT2D eigenvalue weighted by Gasteiger charge is 2.30. The third-order valence-corrected chi connectivity index (χ3v) is 6.29. The summed E-state index contributed by atoms with van der Waals surface area (Å²) in [5.74, 6) is 0.370. The molecule has 0 radical (unpaired) electrons. The van der Waals surface area contributed by atoms with E-state index >= 15 is 0 Å². The lowest BCUT2D eigenvalue weighted by molar-refractivity contribution is -0.132. The van der Waals surface area contributed by atoms with E-state index < -0.39 is 0 Å². The van der Waals surface area contributed by atoms with Crippen LogP contribution in [0.2, 0.25) is 0 Å². The Hall–Kier alpha value is -2.68. The summed E-state index contributed by atoms with van der Waals surface area (Å²) in [5.41, 5.74) is 0.882. The number of nitrogens with zero attached hydrogens (tertiary/aromatic N) is 5. The highest BCUT2D eigenvalue weighted by atomic mass is 32.2. The van der Waals surface area contributed by atoms with Crippen LogP contribution in [0, 0.1) is 5.82 Å². The summed E-state index contributed by atoms with van der Waals surface area (Å²) < 4.78 is 16.4. The maximum Gasteiger partial charge on any atom is 0.265 e. The molecular formula is C21H24FN5O2S. The number of fused-ring (bicyclic) bond motifs is 2. The maximum atomic E-state index is 13.3. The van der Waals surface area contributed by atoms with Gasteiger partial charge in [-0.3, -0.25) is 14.2 Å². The van der Waals surface area contributed by atoms with Crippen LogP contribution in [0.25, 0.3) is 16.7 Å². The Balaban J connectivity index is 1.67. The van der Waals surface area contributed by atoms with Crippen molar-refractivity contribution in [2.24, 2.45) is 0 Å². The number of benzene rings is 1. The van der Waals surface area contributed by atoms with E-state index in [9.17, 15) is 14.0 Å². The Labute approximate surface area is 177 Å². The molecule has 0 bridgehead atoms. The fraction of sp³-hybridized carbons (Fsp3) is 0.429. The Kier molecular flexibility index (Phi) is 5.90. The van der Waals surface area contributed by atoms with E-state index in [1.807, 2.05) is 4.90 Å². The van der Waals surface area contributed by atoms with Crippen LogP contribution in [-0.4, -0.2) is 49.0 Å². The molecular weight excluding hydrogens is 405 g/mol. The Morgan fingerprint density at radius 3 is 2.60 bits per heavy atom. The molecule has 0 aliphatic carbocycles. The molecule has 1 aliphatic rings. The molecule has 158 valence electrons. The van der Waals surface area contributed by atoms with Gasteiger partial charge in [0.25, 0.3) is 5.56 Å². The van der Waals surface area contributed by atoms with Crippen molar-refractivity contribution < 1.29 is 9.18 Å². The molecule has 9 heteroatoms. The standard InChI is InChI=1S/C21H24FN5O2S/c1-3-9-25(10-4-2)18(28)11-16-13-30-21-24-19-17(20(29)26(16)21)12-23-27(19)15-7-5-14(22)6-8-15/h5-8,12,16H,3-4,9-11,13H2,1-2H3. The van der Waals surface area contributed by atoms with Crippen molar-refractivity contribution in [3.8, 4) is 5.69 Å². The van der Waals surface area contributed by atoms with Crippen molar-refractivity contribution in [3.63, 3.8) is 0 Å². The molecule has 0 N–H and O–H groups in total. The van der Waals surface area contributed by atoms with Gasteiger partial charge in [-0.1, -0.05) is 25.6 Å². The first kappa shape index (κ1) is 20.6. The normalized spacial score (nSPS) is 15.5. The lowest BCUT2D eigenvalue weighted by Crippen LogP contribution is -2.35. The number of amides is 1. The number of hydrogen-bond donors (Lipinski definition) is 0. The largest absolute Gasteiger partial charge is 0.343 e. The molecule has 1 unspecified atom stereocenters. The van der Waals surface area contributed by atoms with Crippen molar-refractivity contribution in [2.45, 2.75) is 44.3 Å². The first-order valence-corrected chi connectivity index (χ1v) is 11.2. The predicted octanol–water partition coefficient (Wildman–Crippen LogP) is 3.41. The Morgan fingerprint density at radius 2 is 1.93 bits per heavy atom. The second-order valence-corrected chi connectivity index (χ2v) is 8.38. The lowest BCUT2D eigenvalue weighted by Gasteiger charge is -2.23. The van der Waals surface area contributed by atoms with Crippen LogP contribution in [0.3, 0.4) is 0 Å². The quantitative estimate of drug-likeness (QED) is 0.538. The zero-order valence-corrected chi connectivity index (χ0v) is 17.9. The van der Waals surface area contributed by atoms with Crippen molar-refractivity contribution in [3.05, 3.63) is 46.6 Å². The summed E-state index contributed by atoms with van der Waals surface area (Å²) in [4.78, 5) is 32.6. The molecule has 0 fully saturated rings. The monoisotopic (exact) mass is 429 g/mol. The molecule has 0 spiro atoms. The maximum absolute atomic E-state index is 13.3. The SMILES string of the molecule is CCCN(CCC)C(=O)CC1CSc2nc3c(cnn3-c3ccc(F)cc3)c(=O)n21. The van der Waals surface area contributed by atoms with Gasteiger partial charge in [-0.05, 0) is 37.1 Å². The minimum absolute atomic E-state index is 0.0751. The fourth-order valence-corrected chi connectivity index (χ4v) is 4.91. The minimum Gasteiger partial charge on any atom is -0.343 e. The van der Waals surface area contributed by atoms with Crippen LogP contribution in [0.15, 0.2) is 40.4 Å². The molecule has 4 rings (SSSR count). The number of halogens is 1. The molecule has 1 aromatic carbocycles. The molecule has 0 saturated carbocycles. The molecule has 1 aliphatic heterocycles. The third-order valence-electron chi connectivity index (χ3n) is 5.19. The van der Waals surface area contributed by atoms with Crippen LogP contribution in [-0.2, 0) is 4.79 Å². The van der Waals surface area contributed by atoms with Crippen LogP contribution in [0.5, 0.6) is 0 Å². The predicted molar refractivity (Wildman–Crippen MR) is 115 cm³/mol. The number of carbonyl (C=O) groups is 1. The summed E-state index contributed by atoms with van der Waals surface area (Å²) in [5, 5.41) is 5.27. The number of carbonyl (C=O) groups excluding carboxylic acids is 1. The van der Waals surface area contributed by atoms with E-state index in [1.165, 1.54) is 30.1 Å². The summed E-state index contributed by atoms with van der Waals surface area (Å²) in [6.07, 6.45) is 3.60. The summed E-state index contributed by atoms with van der Waals surface area (Å²) in [6.45, 7) is 5.58. The van der Waals surface area contributed by atoms with Crippen molar-refractivity contribution >= 4 is 28.7 Å². The smallest absolute Gasteiger partial charge is 0.265 e. The van der Waals surface area contributed by atoms with Gasteiger partial charge in [0.15, 0.2) is 10.8 Å². The zero-order valence-electron chi connectivity index (χ0n) is 17.0. The lowest BCUT2D eigenvalue weighted by atomic mass is 10.2. The van der Waals surface area contributed by atoms with Gasteiger partial charge in [-0.25, -0.2) is 14.1 Å². The van der Waals surface area contributed by atoms with Gasteiger partial charge in [0.05, 0.1) is 17.9 Å². The minimum atomic E-state index is -0.340. The number of aromatic nitrogens is 4. The zero-order chi connectivity index (χ0) is 21.3. The third kappa shape index (κ3) is 3.74. The van der Waals surface area contributed by atoms with E-state index in [-0.39, 0.29) is 23.3 Å². The van der Waals surface area contributed by atoms with Crippen molar-refractivity contribution in [1.29, 1.82) is 0 Å². The average molecular weight is 430 g/mol. The highest BCUT2D eigenvalue weighted by molar-refractivity contribution is 7.99. The van der Waals surface area contributed by atoms with Crippen molar-refractivity contribution in [1.82, 2.24) is 24.2 Å². The molecule has 1 amide bonds. The molecule has 3 heterocycles. The summed E-state index contributed by atoms with van der Waals surface area (Å²) in [7, 11) is 0. The molecule has 2 aromatic heterocycles. The van der Waals surface area contributed by atoms with E-state index in [2.05, 4.69) is 23.9 Å². The molecule has 1 atom stereocenters. The highest BCUT2D eigenvalue weighted by Crippen LogP contribution is 2.33.